The molecule has 1 atom stereocenters. The molecule has 0 N–H and O–H groups in total. The molecule has 15 heavy (non-hydrogen) atoms. The van der Waals surface area contributed by atoms with E-state index in [9.17, 15) is 4.79 Å². The van der Waals surface area contributed by atoms with Crippen LogP contribution < -0.4 is 0 Å². The van der Waals surface area contributed by atoms with Crippen LogP contribution in [0.5, 0.6) is 0 Å². The molecule has 1 unspecified atom stereocenters. The van der Waals surface area contributed by atoms with Crippen molar-refractivity contribution >= 4 is 29.2 Å². The van der Waals surface area contributed by atoms with Crippen molar-refractivity contribution in [3.63, 3.8) is 0 Å². The number of hydrogen-bond acceptors (Lipinski definition) is 2. The molecular weight excluding hydrogens is 235 g/mol. The summed E-state index contributed by atoms with van der Waals surface area (Å²) in [6.07, 6.45) is 7.47. The Labute approximate surface area is 100 Å². The van der Waals surface area contributed by atoms with Crippen molar-refractivity contribution in [2.45, 2.75) is 55.4 Å². The Kier molecular flexibility index (Phi) is 3.46. The first-order valence-corrected chi connectivity index (χ1v) is 6.43. The highest BCUT2D eigenvalue weighted by atomic mass is 35.5. The highest BCUT2D eigenvalue weighted by Gasteiger charge is 2.57. The second-order valence-electron chi connectivity index (χ2n) is 4.57. The van der Waals surface area contributed by atoms with Gasteiger partial charge in [-0.2, -0.15) is 0 Å². The minimum absolute atomic E-state index is 0.102. The lowest BCUT2D eigenvalue weighted by atomic mass is 10.1. The van der Waals surface area contributed by atoms with Gasteiger partial charge >= 0.3 is 5.97 Å². The van der Waals surface area contributed by atoms with E-state index >= 15 is 0 Å². The number of halogens is 2. The van der Waals surface area contributed by atoms with Crippen molar-refractivity contribution in [1.82, 2.24) is 0 Å². The van der Waals surface area contributed by atoms with Crippen LogP contribution >= 0.6 is 23.2 Å². The minimum atomic E-state index is -0.845. The average molecular weight is 251 g/mol. The van der Waals surface area contributed by atoms with Gasteiger partial charge in [-0.05, 0) is 32.1 Å². The summed E-state index contributed by atoms with van der Waals surface area (Å²) in [4.78, 5) is 11.6. The first-order chi connectivity index (χ1) is 7.09. The molecule has 4 heteroatoms. The summed E-state index contributed by atoms with van der Waals surface area (Å²) in [5, 5.41) is 0. The SMILES string of the molecule is O=C(OC1CCCCCC1)C1CC1(Cl)Cl. The van der Waals surface area contributed by atoms with Gasteiger partial charge in [-0.25, -0.2) is 0 Å². The minimum Gasteiger partial charge on any atom is -0.462 e. The summed E-state index contributed by atoms with van der Waals surface area (Å²) in [5.41, 5.74) is 0. The molecular formula is C11H16Cl2O2. The Balaban J connectivity index is 1.78. The van der Waals surface area contributed by atoms with Crippen LogP contribution in [0.4, 0.5) is 0 Å². The van der Waals surface area contributed by atoms with Crippen molar-refractivity contribution < 1.29 is 9.53 Å². The molecule has 0 saturated heterocycles. The maximum absolute atomic E-state index is 11.6. The lowest BCUT2D eigenvalue weighted by molar-refractivity contribution is -0.151. The van der Waals surface area contributed by atoms with Gasteiger partial charge in [-0.15, -0.1) is 23.2 Å². The highest BCUT2D eigenvalue weighted by molar-refractivity contribution is 6.52. The fourth-order valence-corrected chi connectivity index (χ4v) is 2.56. The number of rotatable bonds is 2. The number of carbonyl (C=O) groups excluding carboxylic acids is 1. The molecule has 2 rings (SSSR count). The molecule has 0 spiro atoms. The summed E-state index contributed by atoms with van der Waals surface area (Å²) in [5.74, 6) is -0.490. The summed E-state index contributed by atoms with van der Waals surface area (Å²) in [7, 11) is 0. The van der Waals surface area contributed by atoms with Crippen molar-refractivity contribution in [1.29, 1.82) is 0 Å². The van der Waals surface area contributed by atoms with Gasteiger partial charge in [0.25, 0.3) is 0 Å². The summed E-state index contributed by atoms with van der Waals surface area (Å²) in [6, 6.07) is 0. The maximum atomic E-state index is 11.6. The van der Waals surface area contributed by atoms with E-state index in [1.807, 2.05) is 0 Å². The third kappa shape index (κ3) is 3.01. The normalized spacial score (nSPS) is 30.7. The van der Waals surface area contributed by atoms with E-state index in [0.717, 1.165) is 25.7 Å². The standard InChI is InChI=1S/C11H16Cl2O2/c12-11(13)7-9(11)10(14)15-8-5-3-1-2-4-6-8/h8-9H,1-7H2. The van der Waals surface area contributed by atoms with Gasteiger partial charge < -0.3 is 4.74 Å². The zero-order valence-electron chi connectivity index (χ0n) is 8.68. The Morgan fingerprint density at radius 3 is 2.13 bits per heavy atom. The largest absolute Gasteiger partial charge is 0.462 e. The van der Waals surface area contributed by atoms with E-state index in [1.54, 1.807) is 0 Å². The monoisotopic (exact) mass is 250 g/mol. The van der Waals surface area contributed by atoms with Crippen LogP contribution in [-0.4, -0.2) is 16.4 Å². The van der Waals surface area contributed by atoms with Gasteiger partial charge in [-0.3, -0.25) is 4.79 Å². The fraction of sp³-hybridized carbons (Fsp3) is 0.909. The molecule has 2 aliphatic carbocycles. The van der Waals surface area contributed by atoms with Gasteiger partial charge in [0.15, 0.2) is 0 Å². The number of carbonyl (C=O) groups is 1. The van der Waals surface area contributed by atoms with E-state index in [4.69, 9.17) is 27.9 Å². The maximum Gasteiger partial charge on any atom is 0.312 e. The molecule has 86 valence electrons. The number of alkyl halides is 2. The van der Waals surface area contributed by atoms with Gasteiger partial charge in [0, 0.05) is 0 Å². The van der Waals surface area contributed by atoms with Crippen LogP contribution in [0.1, 0.15) is 44.9 Å². The van der Waals surface area contributed by atoms with E-state index in [2.05, 4.69) is 0 Å². The number of esters is 1. The number of ether oxygens (including phenoxy) is 1. The van der Waals surface area contributed by atoms with Crippen molar-refractivity contribution in [2.75, 3.05) is 0 Å². The molecule has 0 radical (unpaired) electrons. The van der Waals surface area contributed by atoms with Crippen molar-refractivity contribution in [3.8, 4) is 0 Å². The van der Waals surface area contributed by atoms with Crippen molar-refractivity contribution in [2.24, 2.45) is 5.92 Å². The third-order valence-electron chi connectivity index (χ3n) is 3.20. The first-order valence-electron chi connectivity index (χ1n) is 5.68. The van der Waals surface area contributed by atoms with Crippen LogP contribution in [0.2, 0.25) is 0 Å². The molecule has 0 aromatic rings. The Hall–Kier alpha value is 0.0500. The molecule has 0 aliphatic heterocycles. The highest BCUT2D eigenvalue weighted by Crippen LogP contribution is 2.53. The second-order valence-corrected chi connectivity index (χ2v) is 6.11. The molecule has 2 fully saturated rings. The quantitative estimate of drug-likeness (QED) is 0.427. The lowest BCUT2D eigenvalue weighted by Gasteiger charge is -2.15. The van der Waals surface area contributed by atoms with E-state index in [0.29, 0.717) is 6.42 Å². The fourth-order valence-electron chi connectivity index (χ4n) is 2.08. The van der Waals surface area contributed by atoms with Gasteiger partial charge in [0.1, 0.15) is 10.4 Å². The van der Waals surface area contributed by atoms with E-state index in [1.165, 1.54) is 12.8 Å². The first kappa shape index (κ1) is 11.5. The van der Waals surface area contributed by atoms with E-state index in [-0.39, 0.29) is 18.0 Å². The van der Waals surface area contributed by atoms with E-state index < -0.39 is 4.33 Å². The lowest BCUT2D eigenvalue weighted by Crippen LogP contribution is -2.20. The zero-order chi connectivity index (χ0) is 10.9. The molecule has 0 bridgehead atoms. The topological polar surface area (TPSA) is 26.3 Å². The van der Waals surface area contributed by atoms with Crippen LogP contribution in [0.3, 0.4) is 0 Å². The smallest absolute Gasteiger partial charge is 0.312 e. The average Bonchev–Trinajstić information content (AvgIpc) is 2.85. The van der Waals surface area contributed by atoms with Crippen molar-refractivity contribution in [3.05, 3.63) is 0 Å². The summed E-state index contributed by atoms with van der Waals surface area (Å²) in [6.45, 7) is 0. The third-order valence-corrected chi connectivity index (χ3v) is 4.03. The molecule has 2 saturated carbocycles. The Bertz CT molecular complexity index is 245. The number of hydrogen-bond donors (Lipinski definition) is 0. The van der Waals surface area contributed by atoms with Crippen LogP contribution in [0.15, 0.2) is 0 Å². The van der Waals surface area contributed by atoms with Gasteiger partial charge in [0.2, 0.25) is 0 Å². The van der Waals surface area contributed by atoms with Gasteiger partial charge in [-0.1, -0.05) is 12.8 Å². The molecule has 2 aliphatic rings. The summed E-state index contributed by atoms with van der Waals surface area (Å²) >= 11 is 11.6. The molecule has 2 nitrogen and oxygen atoms in total. The predicted molar refractivity (Wildman–Crippen MR) is 60.1 cm³/mol. The molecule has 0 aromatic heterocycles. The van der Waals surface area contributed by atoms with Crippen LogP contribution in [-0.2, 0) is 9.53 Å². The van der Waals surface area contributed by atoms with Crippen LogP contribution in [0, 0.1) is 5.92 Å². The molecule has 0 amide bonds. The van der Waals surface area contributed by atoms with Crippen LogP contribution in [0.25, 0.3) is 0 Å². The molecule has 0 aromatic carbocycles. The molecule has 0 heterocycles. The Morgan fingerprint density at radius 1 is 1.13 bits per heavy atom. The summed E-state index contributed by atoms with van der Waals surface area (Å²) < 4.78 is 4.58. The Morgan fingerprint density at radius 2 is 1.67 bits per heavy atom. The second kappa shape index (κ2) is 4.50. The zero-order valence-corrected chi connectivity index (χ0v) is 10.2. The van der Waals surface area contributed by atoms with Gasteiger partial charge in [0.05, 0.1) is 5.92 Å². The predicted octanol–water partition coefficient (Wildman–Crippen LogP) is 3.45.